The van der Waals surface area contributed by atoms with Crippen LogP contribution in [-0.4, -0.2) is 24.4 Å². The first kappa shape index (κ1) is 11.2. The predicted molar refractivity (Wildman–Crippen MR) is 60.5 cm³/mol. The maximum absolute atomic E-state index is 9.70. The fraction of sp³-hybridized carbons (Fsp3) is 0.846. The summed E-state index contributed by atoms with van der Waals surface area (Å²) in [7, 11) is 0. The molecular weight excluding hydrogens is 188 g/mol. The molecule has 0 radical (unpaired) electrons. The monoisotopic (exact) mass is 210 g/mol. The molecule has 2 heteroatoms. The van der Waals surface area contributed by atoms with Crippen LogP contribution in [0.2, 0.25) is 0 Å². The molecule has 1 heterocycles. The summed E-state index contributed by atoms with van der Waals surface area (Å²) in [5, 5.41) is 9.70. The quantitative estimate of drug-likeness (QED) is 0.673. The standard InChI is InChI=1S/C13H22O2/c1-8-5-9(2)13(6-14)7-15-11(4)12(8)10(13)3/h5,9-12,14H,6-7H2,1-4H3/t9-,10+,11+,12+,13-/m0/s1. The third kappa shape index (κ3) is 1.38. The number of rotatable bonds is 1. The summed E-state index contributed by atoms with van der Waals surface area (Å²) in [4.78, 5) is 0. The molecule has 0 aromatic heterocycles. The van der Waals surface area contributed by atoms with Crippen LogP contribution in [0.25, 0.3) is 0 Å². The van der Waals surface area contributed by atoms with Crippen molar-refractivity contribution in [1.29, 1.82) is 0 Å². The molecule has 0 unspecified atom stereocenters. The van der Waals surface area contributed by atoms with E-state index in [1.165, 1.54) is 5.57 Å². The van der Waals surface area contributed by atoms with Crippen molar-refractivity contribution in [3.63, 3.8) is 0 Å². The van der Waals surface area contributed by atoms with Gasteiger partial charge in [0.15, 0.2) is 0 Å². The molecule has 2 bridgehead atoms. The van der Waals surface area contributed by atoms with Crippen LogP contribution in [0.4, 0.5) is 0 Å². The SMILES string of the molecule is CC1=C[C@H](C)[C@]2(CO)CO[C@H](C)[C@H]1[C@H]2C. The second-order valence-electron chi connectivity index (χ2n) is 5.42. The molecule has 1 aliphatic heterocycles. The number of aliphatic hydroxyl groups excluding tert-OH is 1. The van der Waals surface area contributed by atoms with Crippen LogP contribution < -0.4 is 0 Å². The van der Waals surface area contributed by atoms with Crippen LogP contribution in [-0.2, 0) is 4.74 Å². The molecule has 2 rings (SSSR count). The summed E-state index contributed by atoms with van der Waals surface area (Å²) < 4.78 is 5.85. The second kappa shape index (κ2) is 3.60. The van der Waals surface area contributed by atoms with Gasteiger partial charge in [-0.2, -0.15) is 0 Å². The average Bonchev–Trinajstić information content (AvgIpc) is 2.17. The van der Waals surface area contributed by atoms with Crippen molar-refractivity contribution in [2.45, 2.75) is 33.8 Å². The molecule has 1 N–H and O–H groups in total. The van der Waals surface area contributed by atoms with E-state index in [0.717, 1.165) is 0 Å². The van der Waals surface area contributed by atoms with Crippen molar-refractivity contribution >= 4 is 0 Å². The Bertz CT molecular complexity index is 284. The van der Waals surface area contributed by atoms with Gasteiger partial charge in [-0.25, -0.2) is 0 Å². The van der Waals surface area contributed by atoms with Gasteiger partial charge in [0.2, 0.25) is 0 Å². The molecule has 0 aromatic carbocycles. The normalized spacial score (nSPS) is 50.1. The number of allylic oxidation sites excluding steroid dienone is 1. The largest absolute Gasteiger partial charge is 0.396 e. The van der Waals surface area contributed by atoms with Crippen LogP contribution in [0.5, 0.6) is 0 Å². The van der Waals surface area contributed by atoms with E-state index < -0.39 is 0 Å². The molecule has 1 saturated heterocycles. The zero-order valence-electron chi connectivity index (χ0n) is 10.2. The third-order valence-electron chi connectivity index (χ3n) is 4.81. The number of hydrogen-bond acceptors (Lipinski definition) is 2. The van der Waals surface area contributed by atoms with Crippen LogP contribution in [0.15, 0.2) is 11.6 Å². The van der Waals surface area contributed by atoms with Gasteiger partial charge in [0.25, 0.3) is 0 Å². The Morgan fingerprint density at radius 2 is 2.13 bits per heavy atom. The minimum absolute atomic E-state index is 0.0450. The molecular formula is C13H22O2. The highest BCUT2D eigenvalue weighted by Crippen LogP contribution is 2.51. The summed E-state index contributed by atoms with van der Waals surface area (Å²) in [5.41, 5.74) is 1.39. The summed E-state index contributed by atoms with van der Waals surface area (Å²) in [6, 6.07) is 0. The smallest absolute Gasteiger partial charge is 0.0615 e. The highest BCUT2D eigenvalue weighted by atomic mass is 16.5. The van der Waals surface area contributed by atoms with Gasteiger partial charge >= 0.3 is 0 Å². The average molecular weight is 210 g/mol. The summed E-state index contributed by atoms with van der Waals surface area (Å²) >= 11 is 0. The maximum atomic E-state index is 9.70. The van der Waals surface area contributed by atoms with E-state index in [1.54, 1.807) is 0 Å². The zero-order valence-corrected chi connectivity index (χ0v) is 10.2. The molecule has 0 saturated carbocycles. The van der Waals surface area contributed by atoms with Gasteiger partial charge in [-0.15, -0.1) is 0 Å². The van der Waals surface area contributed by atoms with Crippen molar-refractivity contribution in [2.24, 2.45) is 23.2 Å². The van der Waals surface area contributed by atoms with Gasteiger partial charge in [-0.3, -0.25) is 0 Å². The molecule has 0 spiro atoms. The van der Waals surface area contributed by atoms with E-state index in [1.807, 2.05) is 0 Å². The lowest BCUT2D eigenvalue weighted by Gasteiger charge is -2.54. The molecule has 2 nitrogen and oxygen atoms in total. The Labute approximate surface area is 92.3 Å². The minimum Gasteiger partial charge on any atom is -0.396 e. The zero-order chi connectivity index (χ0) is 11.2. The minimum atomic E-state index is -0.0450. The van der Waals surface area contributed by atoms with Crippen molar-refractivity contribution in [2.75, 3.05) is 13.2 Å². The lowest BCUT2D eigenvalue weighted by Crippen LogP contribution is -2.55. The van der Waals surface area contributed by atoms with Crippen LogP contribution in [0.3, 0.4) is 0 Å². The number of hydrogen-bond donors (Lipinski definition) is 1. The predicted octanol–water partition coefficient (Wildman–Crippen LogP) is 2.23. The second-order valence-corrected chi connectivity index (χ2v) is 5.42. The van der Waals surface area contributed by atoms with Gasteiger partial charge in [-0.05, 0) is 25.7 Å². The molecule has 1 aliphatic carbocycles. The first-order valence-electron chi connectivity index (χ1n) is 5.93. The molecule has 0 amide bonds. The number of aliphatic hydroxyl groups is 1. The first-order chi connectivity index (χ1) is 7.03. The van der Waals surface area contributed by atoms with Gasteiger partial charge in [0, 0.05) is 11.3 Å². The topological polar surface area (TPSA) is 29.5 Å². The van der Waals surface area contributed by atoms with E-state index in [0.29, 0.717) is 30.5 Å². The third-order valence-corrected chi connectivity index (χ3v) is 4.81. The van der Waals surface area contributed by atoms with Gasteiger partial charge in [-0.1, -0.05) is 25.5 Å². The Kier molecular flexibility index (Phi) is 2.68. The van der Waals surface area contributed by atoms with E-state index >= 15 is 0 Å². The Morgan fingerprint density at radius 1 is 1.47 bits per heavy atom. The fourth-order valence-corrected chi connectivity index (χ4v) is 3.60. The lowest BCUT2D eigenvalue weighted by molar-refractivity contribution is -0.157. The summed E-state index contributed by atoms with van der Waals surface area (Å²) in [6.45, 7) is 9.76. The van der Waals surface area contributed by atoms with E-state index in [9.17, 15) is 5.11 Å². The van der Waals surface area contributed by atoms with Gasteiger partial charge in [0.1, 0.15) is 0 Å². The molecule has 86 valence electrons. The molecule has 1 fully saturated rings. The summed E-state index contributed by atoms with van der Waals surface area (Å²) in [5.74, 6) is 1.43. The van der Waals surface area contributed by atoms with Gasteiger partial charge < -0.3 is 9.84 Å². The van der Waals surface area contributed by atoms with Crippen molar-refractivity contribution in [1.82, 2.24) is 0 Å². The molecule has 5 atom stereocenters. The van der Waals surface area contributed by atoms with Gasteiger partial charge in [0.05, 0.1) is 19.3 Å². The fourth-order valence-electron chi connectivity index (χ4n) is 3.60. The van der Waals surface area contributed by atoms with E-state index in [-0.39, 0.29) is 12.0 Å². The van der Waals surface area contributed by atoms with Crippen LogP contribution in [0, 0.1) is 23.2 Å². The lowest BCUT2D eigenvalue weighted by atomic mass is 9.56. The summed E-state index contributed by atoms with van der Waals surface area (Å²) in [6.07, 6.45) is 2.63. The highest BCUT2D eigenvalue weighted by molar-refractivity contribution is 5.20. The number of fused-ring (bicyclic) bond motifs is 2. The molecule has 0 aromatic rings. The maximum Gasteiger partial charge on any atom is 0.0615 e. The van der Waals surface area contributed by atoms with E-state index in [2.05, 4.69) is 33.8 Å². The highest BCUT2D eigenvalue weighted by Gasteiger charge is 2.51. The van der Waals surface area contributed by atoms with Crippen LogP contribution >= 0.6 is 0 Å². The molecule has 15 heavy (non-hydrogen) atoms. The Morgan fingerprint density at radius 3 is 2.73 bits per heavy atom. The van der Waals surface area contributed by atoms with Crippen LogP contribution in [0.1, 0.15) is 27.7 Å². The Hall–Kier alpha value is -0.340. The van der Waals surface area contributed by atoms with Crippen molar-refractivity contribution in [3.05, 3.63) is 11.6 Å². The Balaban J connectivity index is 2.43. The number of ether oxygens (including phenoxy) is 1. The molecule has 2 aliphatic rings. The van der Waals surface area contributed by atoms with Crippen molar-refractivity contribution < 1.29 is 9.84 Å². The van der Waals surface area contributed by atoms with Crippen molar-refractivity contribution in [3.8, 4) is 0 Å². The first-order valence-corrected chi connectivity index (χ1v) is 5.93. The van der Waals surface area contributed by atoms with E-state index in [4.69, 9.17) is 4.74 Å².